The molecular formula is C17H23F2NO3. The molecule has 2 N–H and O–H groups in total. The zero-order valence-corrected chi connectivity index (χ0v) is 13.3. The van der Waals surface area contributed by atoms with Gasteiger partial charge in [-0.1, -0.05) is 19.4 Å². The van der Waals surface area contributed by atoms with Crippen LogP contribution in [0.25, 0.3) is 0 Å². The fraction of sp³-hybridized carbons (Fsp3) is 0.588. The minimum absolute atomic E-state index is 0.0269. The lowest BCUT2D eigenvalue weighted by molar-refractivity contribution is -0.141. The second kappa shape index (κ2) is 7.36. The van der Waals surface area contributed by atoms with Gasteiger partial charge in [0.15, 0.2) is 11.6 Å². The van der Waals surface area contributed by atoms with E-state index in [1.807, 2.05) is 6.92 Å². The third-order valence-corrected chi connectivity index (χ3v) is 4.64. The maximum absolute atomic E-state index is 13.2. The van der Waals surface area contributed by atoms with Crippen LogP contribution in [0.2, 0.25) is 0 Å². The molecule has 1 aliphatic rings. The summed E-state index contributed by atoms with van der Waals surface area (Å²) in [4.78, 5) is 14.0. The highest BCUT2D eigenvalue weighted by molar-refractivity contribution is 5.79. The number of amides is 1. The number of likely N-dealkylation sites (tertiary alicyclic amines) is 1. The number of hydrogen-bond donors (Lipinski definition) is 2. The van der Waals surface area contributed by atoms with E-state index < -0.39 is 23.2 Å². The number of rotatable bonds is 5. The van der Waals surface area contributed by atoms with Crippen LogP contribution < -0.4 is 0 Å². The quantitative estimate of drug-likeness (QED) is 0.868. The average molecular weight is 327 g/mol. The number of halogens is 2. The van der Waals surface area contributed by atoms with E-state index in [0.717, 1.165) is 18.6 Å². The zero-order chi connectivity index (χ0) is 17.0. The van der Waals surface area contributed by atoms with Crippen LogP contribution in [0.15, 0.2) is 18.2 Å². The van der Waals surface area contributed by atoms with E-state index >= 15 is 0 Å². The van der Waals surface area contributed by atoms with Crippen molar-refractivity contribution < 1.29 is 23.8 Å². The summed E-state index contributed by atoms with van der Waals surface area (Å²) in [5.41, 5.74) is -0.290. The van der Waals surface area contributed by atoms with E-state index in [-0.39, 0.29) is 25.5 Å². The molecule has 0 aromatic heterocycles. The molecule has 1 fully saturated rings. The lowest BCUT2D eigenvalue weighted by Crippen LogP contribution is -2.55. The van der Waals surface area contributed by atoms with Crippen LogP contribution in [-0.4, -0.2) is 46.8 Å². The Morgan fingerprint density at radius 2 is 2.13 bits per heavy atom. The highest BCUT2D eigenvalue weighted by Gasteiger charge is 2.42. The Balaban J connectivity index is 2.08. The number of carbonyl (C=O) groups excluding carboxylic acids is 1. The smallest absolute Gasteiger partial charge is 0.227 e. The largest absolute Gasteiger partial charge is 0.396 e. The molecule has 23 heavy (non-hydrogen) atoms. The molecule has 0 saturated carbocycles. The molecule has 0 bridgehead atoms. The van der Waals surface area contributed by atoms with E-state index in [9.17, 15) is 23.8 Å². The lowest BCUT2D eigenvalue weighted by atomic mass is 9.74. The van der Waals surface area contributed by atoms with E-state index in [0.29, 0.717) is 24.9 Å². The Kier molecular flexibility index (Phi) is 5.70. The van der Waals surface area contributed by atoms with Crippen molar-refractivity contribution in [3.05, 3.63) is 35.4 Å². The fourth-order valence-corrected chi connectivity index (χ4v) is 3.28. The molecule has 128 valence electrons. The van der Waals surface area contributed by atoms with Gasteiger partial charge in [-0.05, 0) is 30.5 Å². The first-order chi connectivity index (χ1) is 10.9. The minimum atomic E-state index is -0.972. The van der Waals surface area contributed by atoms with Gasteiger partial charge in [0.1, 0.15) is 0 Å². The van der Waals surface area contributed by atoms with Crippen molar-refractivity contribution in [2.24, 2.45) is 5.41 Å². The Hall–Kier alpha value is -1.53. The van der Waals surface area contributed by atoms with Gasteiger partial charge in [0.2, 0.25) is 5.91 Å². The molecule has 6 heteroatoms. The van der Waals surface area contributed by atoms with Crippen molar-refractivity contribution in [2.45, 2.75) is 38.7 Å². The summed E-state index contributed by atoms with van der Waals surface area (Å²) in [5, 5.41) is 19.9. The van der Waals surface area contributed by atoms with Gasteiger partial charge in [-0.3, -0.25) is 4.79 Å². The zero-order valence-electron chi connectivity index (χ0n) is 13.3. The maximum Gasteiger partial charge on any atom is 0.227 e. The number of aliphatic hydroxyl groups excluding tert-OH is 2. The van der Waals surface area contributed by atoms with Crippen LogP contribution in [0.1, 0.15) is 31.7 Å². The first-order valence-electron chi connectivity index (χ1n) is 7.92. The minimum Gasteiger partial charge on any atom is -0.396 e. The molecule has 1 aromatic carbocycles. The van der Waals surface area contributed by atoms with Crippen LogP contribution in [0.4, 0.5) is 8.78 Å². The Bertz CT molecular complexity index is 567. The Labute approximate surface area is 134 Å². The van der Waals surface area contributed by atoms with Gasteiger partial charge in [0.05, 0.1) is 19.1 Å². The lowest BCUT2D eigenvalue weighted by Gasteiger charge is -2.45. The number of aliphatic hydroxyl groups is 2. The van der Waals surface area contributed by atoms with Crippen molar-refractivity contribution in [2.75, 3.05) is 19.7 Å². The molecule has 0 unspecified atom stereocenters. The van der Waals surface area contributed by atoms with Crippen LogP contribution in [0.3, 0.4) is 0 Å². The summed E-state index contributed by atoms with van der Waals surface area (Å²) >= 11 is 0. The van der Waals surface area contributed by atoms with Crippen molar-refractivity contribution in [1.29, 1.82) is 0 Å². The number of nitrogens with zero attached hydrogens (tertiary/aromatic N) is 1. The van der Waals surface area contributed by atoms with Gasteiger partial charge in [0, 0.05) is 18.5 Å². The number of piperidine rings is 1. The third-order valence-electron chi connectivity index (χ3n) is 4.64. The molecule has 0 radical (unpaired) electrons. The standard InChI is InChI=1S/C17H23F2NO3/c1-2-6-17(11-21)10-20(7-5-15(17)22)16(23)9-12-3-4-13(18)14(19)8-12/h3-4,8,15,21-22H,2,5-7,9-11H2,1H3/t15-,17+/m1/s1. The van der Waals surface area contributed by atoms with Gasteiger partial charge < -0.3 is 15.1 Å². The van der Waals surface area contributed by atoms with Gasteiger partial charge in [-0.2, -0.15) is 0 Å². The van der Waals surface area contributed by atoms with E-state index in [1.54, 1.807) is 4.90 Å². The average Bonchev–Trinajstić information content (AvgIpc) is 2.53. The highest BCUT2D eigenvalue weighted by Crippen LogP contribution is 2.34. The van der Waals surface area contributed by atoms with Crippen LogP contribution in [0, 0.1) is 17.0 Å². The molecule has 1 aliphatic heterocycles. The van der Waals surface area contributed by atoms with Gasteiger partial charge >= 0.3 is 0 Å². The van der Waals surface area contributed by atoms with Crippen LogP contribution >= 0.6 is 0 Å². The fourth-order valence-electron chi connectivity index (χ4n) is 3.28. The van der Waals surface area contributed by atoms with Gasteiger partial charge in [-0.25, -0.2) is 8.78 Å². The summed E-state index contributed by atoms with van der Waals surface area (Å²) < 4.78 is 26.2. The number of hydrogen-bond acceptors (Lipinski definition) is 3. The summed E-state index contributed by atoms with van der Waals surface area (Å²) in [5.74, 6) is -2.12. The van der Waals surface area contributed by atoms with E-state index in [1.165, 1.54) is 6.07 Å². The molecule has 2 rings (SSSR count). The summed E-state index contributed by atoms with van der Waals surface area (Å²) in [6.07, 6.45) is 1.16. The second-order valence-corrected chi connectivity index (χ2v) is 6.32. The van der Waals surface area contributed by atoms with Crippen molar-refractivity contribution in [1.82, 2.24) is 4.90 Å². The van der Waals surface area contributed by atoms with Gasteiger partial charge in [-0.15, -0.1) is 0 Å². The number of carbonyl (C=O) groups is 1. The van der Waals surface area contributed by atoms with E-state index in [2.05, 4.69) is 0 Å². The first kappa shape index (κ1) is 17.8. The Morgan fingerprint density at radius 1 is 1.39 bits per heavy atom. The molecule has 1 amide bonds. The second-order valence-electron chi connectivity index (χ2n) is 6.32. The third kappa shape index (κ3) is 3.87. The number of benzene rings is 1. The SMILES string of the molecule is CCC[C@@]1(CO)CN(C(=O)Cc2ccc(F)c(F)c2)CC[C@H]1O. The predicted octanol–water partition coefficient (Wildman–Crippen LogP) is 1.88. The van der Waals surface area contributed by atoms with Gasteiger partial charge in [0.25, 0.3) is 0 Å². The molecule has 2 atom stereocenters. The monoisotopic (exact) mass is 327 g/mol. The molecule has 0 aliphatic carbocycles. The molecule has 4 nitrogen and oxygen atoms in total. The van der Waals surface area contributed by atoms with Crippen LogP contribution in [-0.2, 0) is 11.2 Å². The van der Waals surface area contributed by atoms with E-state index in [4.69, 9.17) is 0 Å². The topological polar surface area (TPSA) is 60.8 Å². The first-order valence-corrected chi connectivity index (χ1v) is 7.92. The maximum atomic E-state index is 13.2. The molecule has 1 heterocycles. The molecule has 1 aromatic rings. The summed E-state index contributed by atoms with van der Waals surface area (Å²) in [7, 11) is 0. The normalized spacial score (nSPS) is 24.7. The summed E-state index contributed by atoms with van der Waals surface area (Å²) in [6, 6.07) is 3.42. The summed E-state index contributed by atoms with van der Waals surface area (Å²) in [6.45, 7) is 2.46. The Morgan fingerprint density at radius 3 is 2.74 bits per heavy atom. The molecule has 0 spiro atoms. The molecular weight excluding hydrogens is 304 g/mol. The highest BCUT2D eigenvalue weighted by atomic mass is 19.2. The van der Waals surface area contributed by atoms with Crippen molar-refractivity contribution >= 4 is 5.91 Å². The van der Waals surface area contributed by atoms with Crippen molar-refractivity contribution in [3.63, 3.8) is 0 Å². The molecule has 1 saturated heterocycles. The predicted molar refractivity (Wildman–Crippen MR) is 81.7 cm³/mol. The van der Waals surface area contributed by atoms with Crippen molar-refractivity contribution in [3.8, 4) is 0 Å². The van der Waals surface area contributed by atoms with Crippen LogP contribution in [0.5, 0.6) is 0 Å².